The van der Waals surface area contributed by atoms with Crippen molar-refractivity contribution in [1.29, 1.82) is 0 Å². The normalized spacial score (nSPS) is 11.7. The van der Waals surface area contributed by atoms with Crippen molar-refractivity contribution >= 4 is 17.7 Å². The molecule has 0 aromatic carbocycles. The first-order chi connectivity index (χ1) is 8.97. The third-order valence-electron chi connectivity index (χ3n) is 2.54. The summed E-state index contributed by atoms with van der Waals surface area (Å²) in [5.74, 6) is -0.817. The molecular weight excluding hydrogens is 246 g/mol. The van der Waals surface area contributed by atoms with Gasteiger partial charge in [-0.2, -0.15) is 0 Å². The van der Waals surface area contributed by atoms with Gasteiger partial charge < -0.3 is 15.7 Å². The fraction of sp³-hybridized carbons (Fsp3) is 0.462. The Morgan fingerprint density at radius 3 is 2.79 bits per heavy atom. The van der Waals surface area contributed by atoms with E-state index in [0.29, 0.717) is 18.5 Å². The van der Waals surface area contributed by atoms with E-state index in [1.807, 2.05) is 19.9 Å². The first-order valence-electron chi connectivity index (χ1n) is 6.18. The van der Waals surface area contributed by atoms with Gasteiger partial charge in [-0.1, -0.05) is 0 Å². The van der Waals surface area contributed by atoms with Crippen LogP contribution in [0.5, 0.6) is 0 Å². The van der Waals surface area contributed by atoms with E-state index in [9.17, 15) is 9.59 Å². The van der Waals surface area contributed by atoms with Crippen LogP contribution in [0.4, 0.5) is 10.5 Å². The number of carboxylic acids is 1. The molecule has 1 unspecified atom stereocenters. The molecule has 0 bridgehead atoms. The molecule has 0 aliphatic carbocycles. The second kappa shape index (κ2) is 7.35. The van der Waals surface area contributed by atoms with Crippen molar-refractivity contribution in [2.24, 2.45) is 0 Å². The molecule has 0 fully saturated rings. The lowest BCUT2D eigenvalue weighted by molar-refractivity contribution is -0.137. The molecule has 6 nitrogen and oxygen atoms in total. The largest absolute Gasteiger partial charge is 0.481 e. The van der Waals surface area contributed by atoms with E-state index < -0.39 is 5.97 Å². The number of urea groups is 1. The van der Waals surface area contributed by atoms with E-state index in [1.165, 1.54) is 0 Å². The maximum absolute atomic E-state index is 11.7. The van der Waals surface area contributed by atoms with Crippen molar-refractivity contribution in [3.63, 3.8) is 0 Å². The topological polar surface area (TPSA) is 91.3 Å². The van der Waals surface area contributed by atoms with Crippen molar-refractivity contribution in [3.8, 4) is 0 Å². The molecule has 0 radical (unpaired) electrons. The molecular formula is C13H19N3O3. The van der Waals surface area contributed by atoms with Gasteiger partial charge in [0.1, 0.15) is 0 Å². The zero-order valence-corrected chi connectivity index (χ0v) is 11.1. The molecule has 3 N–H and O–H groups in total. The van der Waals surface area contributed by atoms with Gasteiger partial charge in [-0.3, -0.25) is 9.78 Å². The van der Waals surface area contributed by atoms with E-state index in [-0.39, 0.29) is 18.5 Å². The van der Waals surface area contributed by atoms with Crippen LogP contribution in [0.25, 0.3) is 0 Å². The number of pyridine rings is 1. The second-order valence-electron chi connectivity index (χ2n) is 4.54. The first-order valence-corrected chi connectivity index (χ1v) is 6.18. The number of hydrogen-bond acceptors (Lipinski definition) is 3. The van der Waals surface area contributed by atoms with Crippen LogP contribution in [-0.2, 0) is 4.79 Å². The second-order valence-corrected chi connectivity index (χ2v) is 4.54. The number of carboxylic acid groups (broad SMARTS) is 1. The number of rotatable bonds is 6. The number of carbonyl (C=O) groups is 2. The predicted octanol–water partition coefficient (Wildman–Crippen LogP) is 2.15. The number of carbonyl (C=O) groups excluding carboxylic acids is 1. The van der Waals surface area contributed by atoms with E-state index in [1.54, 1.807) is 12.4 Å². The fourth-order valence-corrected chi connectivity index (χ4v) is 1.65. The SMILES string of the molecule is Cc1cncc(NC(=O)NC(C)CCCC(=O)O)c1. The van der Waals surface area contributed by atoms with Crippen molar-refractivity contribution in [2.45, 2.75) is 39.2 Å². The van der Waals surface area contributed by atoms with Gasteiger partial charge in [-0.15, -0.1) is 0 Å². The minimum absolute atomic E-state index is 0.0721. The number of nitrogens with zero attached hydrogens (tertiary/aromatic N) is 1. The number of anilines is 1. The lowest BCUT2D eigenvalue weighted by Crippen LogP contribution is -2.36. The summed E-state index contributed by atoms with van der Waals surface area (Å²) in [7, 11) is 0. The molecule has 1 aromatic rings. The highest BCUT2D eigenvalue weighted by atomic mass is 16.4. The van der Waals surface area contributed by atoms with Crippen LogP contribution in [-0.4, -0.2) is 28.1 Å². The molecule has 0 spiro atoms. The molecule has 2 amide bonds. The molecule has 1 aromatic heterocycles. The van der Waals surface area contributed by atoms with Gasteiger partial charge in [0.15, 0.2) is 0 Å². The number of hydrogen-bond donors (Lipinski definition) is 3. The fourth-order valence-electron chi connectivity index (χ4n) is 1.65. The van der Waals surface area contributed by atoms with Gasteiger partial charge in [0.25, 0.3) is 0 Å². The maximum Gasteiger partial charge on any atom is 0.319 e. The summed E-state index contributed by atoms with van der Waals surface area (Å²) in [6, 6.07) is 1.44. The summed E-state index contributed by atoms with van der Waals surface area (Å²) in [5, 5.41) is 14.0. The summed E-state index contributed by atoms with van der Waals surface area (Å²) in [4.78, 5) is 26.0. The lowest BCUT2D eigenvalue weighted by Gasteiger charge is -2.14. The first kappa shape index (κ1) is 14.9. The number of aryl methyl sites for hydroxylation is 1. The molecule has 1 rings (SSSR count). The summed E-state index contributed by atoms with van der Waals surface area (Å²) < 4.78 is 0. The Morgan fingerprint density at radius 1 is 1.42 bits per heavy atom. The molecule has 0 saturated heterocycles. The zero-order valence-electron chi connectivity index (χ0n) is 11.1. The van der Waals surface area contributed by atoms with Gasteiger partial charge in [-0.05, 0) is 38.3 Å². The molecule has 6 heteroatoms. The van der Waals surface area contributed by atoms with Crippen LogP contribution in [0.2, 0.25) is 0 Å². The smallest absolute Gasteiger partial charge is 0.319 e. The number of aromatic nitrogens is 1. The van der Waals surface area contributed by atoms with Gasteiger partial charge in [-0.25, -0.2) is 4.79 Å². The van der Waals surface area contributed by atoms with Crippen LogP contribution in [0.1, 0.15) is 31.7 Å². The molecule has 104 valence electrons. The summed E-state index contributed by atoms with van der Waals surface area (Å²) in [6.45, 7) is 3.74. The van der Waals surface area contributed by atoms with Gasteiger partial charge >= 0.3 is 12.0 Å². The van der Waals surface area contributed by atoms with Crippen LogP contribution in [0, 0.1) is 6.92 Å². The quantitative estimate of drug-likeness (QED) is 0.735. The summed E-state index contributed by atoms with van der Waals surface area (Å²) in [5.41, 5.74) is 1.60. The van der Waals surface area contributed by atoms with E-state index >= 15 is 0 Å². The average Bonchev–Trinajstić information content (AvgIpc) is 2.27. The summed E-state index contributed by atoms with van der Waals surface area (Å²) >= 11 is 0. The van der Waals surface area contributed by atoms with Crippen LogP contribution in [0.3, 0.4) is 0 Å². The Bertz CT molecular complexity index is 449. The molecule has 0 saturated carbocycles. The van der Waals surface area contributed by atoms with Gasteiger partial charge in [0.05, 0.1) is 11.9 Å². The minimum atomic E-state index is -0.817. The van der Waals surface area contributed by atoms with Crippen molar-refractivity contribution in [3.05, 3.63) is 24.0 Å². The summed E-state index contributed by atoms with van der Waals surface area (Å²) in [6.07, 6.45) is 4.57. The molecule has 1 heterocycles. The highest BCUT2D eigenvalue weighted by molar-refractivity contribution is 5.89. The van der Waals surface area contributed by atoms with Crippen LogP contribution in [0.15, 0.2) is 18.5 Å². The molecule has 0 aliphatic rings. The van der Waals surface area contributed by atoms with Crippen LogP contribution < -0.4 is 10.6 Å². The predicted molar refractivity (Wildman–Crippen MR) is 72.1 cm³/mol. The Balaban J connectivity index is 2.32. The Kier molecular flexibility index (Phi) is 5.78. The third-order valence-corrected chi connectivity index (χ3v) is 2.54. The number of aliphatic carboxylic acids is 1. The average molecular weight is 265 g/mol. The monoisotopic (exact) mass is 265 g/mol. The Hall–Kier alpha value is -2.11. The van der Waals surface area contributed by atoms with Crippen molar-refractivity contribution < 1.29 is 14.7 Å². The maximum atomic E-state index is 11.7. The van der Waals surface area contributed by atoms with E-state index in [4.69, 9.17) is 5.11 Å². The molecule has 0 aliphatic heterocycles. The van der Waals surface area contributed by atoms with Gasteiger partial charge in [0.2, 0.25) is 0 Å². The molecule has 1 atom stereocenters. The highest BCUT2D eigenvalue weighted by Crippen LogP contribution is 2.07. The zero-order chi connectivity index (χ0) is 14.3. The van der Waals surface area contributed by atoms with Crippen molar-refractivity contribution in [2.75, 3.05) is 5.32 Å². The lowest BCUT2D eigenvalue weighted by atomic mass is 10.1. The Labute approximate surface area is 112 Å². The third kappa shape index (κ3) is 6.40. The number of nitrogens with one attached hydrogen (secondary N) is 2. The van der Waals surface area contributed by atoms with E-state index in [0.717, 1.165) is 5.56 Å². The Morgan fingerprint density at radius 2 is 2.16 bits per heavy atom. The molecule has 19 heavy (non-hydrogen) atoms. The van der Waals surface area contributed by atoms with Crippen molar-refractivity contribution in [1.82, 2.24) is 10.3 Å². The van der Waals surface area contributed by atoms with Gasteiger partial charge in [0, 0.05) is 18.7 Å². The van der Waals surface area contributed by atoms with Crippen LogP contribution >= 0.6 is 0 Å². The minimum Gasteiger partial charge on any atom is -0.481 e. The van der Waals surface area contributed by atoms with E-state index in [2.05, 4.69) is 15.6 Å². The number of amides is 2. The highest BCUT2D eigenvalue weighted by Gasteiger charge is 2.08. The standard InChI is InChI=1S/C13H19N3O3/c1-9-6-11(8-14-7-9)16-13(19)15-10(2)4-3-5-12(17)18/h6-8,10H,3-5H2,1-2H3,(H,17,18)(H2,15,16,19).